The molecular formula is C12H8N2O2S2. The molecule has 4 nitrogen and oxygen atoms in total. The van der Waals surface area contributed by atoms with E-state index in [-0.39, 0.29) is 0 Å². The highest BCUT2D eigenvalue weighted by molar-refractivity contribution is 7.20. The second kappa shape index (κ2) is 4.15. The lowest BCUT2D eigenvalue weighted by Gasteiger charge is -1.97. The summed E-state index contributed by atoms with van der Waals surface area (Å²) in [5.74, 6) is -0.925. The van der Waals surface area contributed by atoms with Gasteiger partial charge in [0, 0.05) is 10.3 Å². The first kappa shape index (κ1) is 11.3. The molecule has 0 radical (unpaired) electrons. The van der Waals surface area contributed by atoms with E-state index >= 15 is 0 Å². The summed E-state index contributed by atoms with van der Waals surface area (Å²) in [6.45, 7) is 2.03. The topological polar surface area (TPSA) is 63.1 Å². The third-order valence-electron chi connectivity index (χ3n) is 2.51. The van der Waals surface area contributed by atoms with Crippen molar-refractivity contribution >= 4 is 38.9 Å². The molecule has 0 aliphatic heterocycles. The van der Waals surface area contributed by atoms with E-state index in [4.69, 9.17) is 5.11 Å². The number of nitrogens with zero attached hydrogens (tertiary/aromatic N) is 2. The first-order valence-corrected chi connectivity index (χ1v) is 6.83. The number of rotatable bonds is 2. The Morgan fingerprint density at radius 2 is 2.11 bits per heavy atom. The van der Waals surface area contributed by atoms with Gasteiger partial charge in [0.1, 0.15) is 16.0 Å². The molecule has 0 spiro atoms. The van der Waals surface area contributed by atoms with Crippen molar-refractivity contribution in [3.05, 3.63) is 34.3 Å². The molecule has 0 aliphatic carbocycles. The Labute approximate surface area is 111 Å². The van der Waals surface area contributed by atoms with Crippen molar-refractivity contribution in [2.45, 2.75) is 6.92 Å². The zero-order valence-corrected chi connectivity index (χ0v) is 11.0. The number of aromatic nitrogens is 2. The Hall–Kier alpha value is -1.79. The van der Waals surface area contributed by atoms with E-state index in [1.54, 1.807) is 17.4 Å². The third kappa shape index (κ3) is 1.79. The summed E-state index contributed by atoms with van der Waals surface area (Å²) in [6, 6.07) is 5.67. The van der Waals surface area contributed by atoms with Crippen LogP contribution in [0.2, 0.25) is 0 Å². The van der Waals surface area contributed by atoms with E-state index in [1.165, 1.54) is 22.5 Å². The van der Waals surface area contributed by atoms with Gasteiger partial charge in [-0.25, -0.2) is 14.8 Å². The Kier molecular flexibility index (Phi) is 2.61. The number of aryl methyl sites for hydroxylation is 1. The molecular weight excluding hydrogens is 268 g/mol. The minimum absolute atomic E-state index is 0.292. The van der Waals surface area contributed by atoms with Gasteiger partial charge < -0.3 is 5.11 Å². The SMILES string of the molecule is Cc1ccc(-c2ncnc3sc(C(=O)O)cc23)s1. The van der Waals surface area contributed by atoms with Crippen molar-refractivity contribution in [1.82, 2.24) is 9.97 Å². The molecule has 18 heavy (non-hydrogen) atoms. The number of carboxylic acids is 1. The van der Waals surface area contributed by atoms with Crippen LogP contribution in [0.1, 0.15) is 14.5 Å². The van der Waals surface area contributed by atoms with Gasteiger partial charge in [0.05, 0.1) is 10.6 Å². The van der Waals surface area contributed by atoms with Crippen LogP contribution in [0.4, 0.5) is 0 Å². The quantitative estimate of drug-likeness (QED) is 0.779. The average molecular weight is 276 g/mol. The molecule has 90 valence electrons. The molecule has 0 unspecified atom stereocenters. The summed E-state index contributed by atoms with van der Waals surface area (Å²) in [7, 11) is 0. The summed E-state index contributed by atoms with van der Waals surface area (Å²) in [5.41, 5.74) is 0.807. The Bertz CT molecular complexity index is 745. The van der Waals surface area contributed by atoms with Crippen LogP contribution in [-0.2, 0) is 0 Å². The van der Waals surface area contributed by atoms with Gasteiger partial charge in [-0.05, 0) is 25.1 Å². The number of hydrogen-bond acceptors (Lipinski definition) is 5. The maximum absolute atomic E-state index is 11.0. The minimum atomic E-state index is -0.925. The van der Waals surface area contributed by atoms with Gasteiger partial charge >= 0.3 is 5.97 Å². The lowest BCUT2D eigenvalue weighted by Crippen LogP contribution is -1.89. The summed E-state index contributed by atoms with van der Waals surface area (Å²) < 4.78 is 0. The highest BCUT2D eigenvalue weighted by Gasteiger charge is 2.14. The van der Waals surface area contributed by atoms with E-state index in [9.17, 15) is 4.79 Å². The number of carbonyl (C=O) groups is 1. The number of aromatic carboxylic acids is 1. The molecule has 0 atom stereocenters. The van der Waals surface area contributed by atoms with Crippen LogP contribution in [0.15, 0.2) is 24.5 Å². The number of thiophene rings is 2. The van der Waals surface area contributed by atoms with Gasteiger partial charge in [-0.3, -0.25) is 0 Å². The van der Waals surface area contributed by atoms with Crippen LogP contribution in [0.5, 0.6) is 0 Å². The maximum atomic E-state index is 11.0. The molecule has 0 saturated carbocycles. The summed E-state index contributed by atoms with van der Waals surface area (Å²) in [6.07, 6.45) is 1.48. The Balaban J connectivity index is 2.26. The molecule has 3 aromatic rings. The average Bonchev–Trinajstić information content (AvgIpc) is 2.94. The Morgan fingerprint density at radius 3 is 2.78 bits per heavy atom. The fourth-order valence-electron chi connectivity index (χ4n) is 1.72. The molecule has 0 aromatic carbocycles. The fraction of sp³-hybridized carbons (Fsp3) is 0.0833. The molecule has 1 N–H and O–H groups in total. The molecule has 0 bridgehead atoms. The summed E-state index contributed by atoms with van der Waals surface area (Å²) in [5, 5.41) is 9.82. The zero-order valence-electron chi connectivity index (χ0n) is 9.38. The van der Waals surface area contributed by atoms with Gasteiger partial charge in [0.25, 0.3) is 0 Å². The van der Waals surface area contributed by atoms with Crippen LogP contribution in [0, 0.1) is 6.92 Å². The predicted octanol–water partition coefficient (Wildman–Crippen LogP) is 3.43. The highest BCUT2D eigenvalue weighted by Crippen LogP contribution is 2.34. The minimum Gasteiger partial charge on any atom is -0.477 e. The molecule has 3 aromatic heterocycles. The first-order valence-electron chi connectivity index (χ1n) is 5.20. The van der Waals surface area contributed by atoms with Crippen molar-refractivity contribution < 1.29 is 9.90 Å². The normalized spacial score (nSPS) is 10.9. The lowest BCUT2D eigenvalue weighted by molar-refractivity contribution is 0.0702. The smallest absolute Gasteiger partial charge is 0.345 e. The van der Waals surface area contributed by atoms with Crippen molar-refractivity contribution in [2.24, 2.45) is 0 Å². The zero-order chi connectivity index (χ0) is 12.7. The van der Waals surface area contributed by atoms with E-state index in [0.29, 0.717) is 9.71 Å². The van der Waals surface area contributed by atoms with E-state index in [0.717, 1.165) is 16.0 Å². The lowest BCUT2D eigenvalue weighted by atomic mass is 10.2. The van der Waals surface area contributed by atoms with Crippen molar-refractivity contribution in [1.29, 1.82) is 0 Å². The van der Waals surface area contributed by atoms with Crippen molar-refractivity contribution in [2.75, 3.05) is 0 Å². The molecule has 0 amide bonds. The Morgan fingerprint density at radius 1 is 1.28 bits per heavy atom. The highest BCUT2D eigenvalue weighted by atomic mass is 32.1. The van der Waals surface area contributed by atoms with Gasteiger partial charge in [-0.1, -0.05) is 0 Å². The third-order valence-corrected chi connectivity index (χ3v) is 4.55. The number of hydrogen-bond donors (Lipinski definition) is 1. The first-order chi connectivity index (χ1) is 8.65. The van der Waals surface area contributed by atoms with Crippen LogP contribution in [0.25, 0.3) is 20.8 Å². The van der Waals surface area contributed by atoms with E-state index in [1.807, 2.05) is 19.1 Å². The summed E-state index contributed by atoms with van der Waals surface area (Å²) >= 11 is 2.82. The molecule has 6 heteroatoms. The summed E-state index contributed by atoms with van der Waals surface area (Å²) in [4.78, 5) is 22.6. The van der Waals surface area contributed by atoms with Gasteiger partial charge in [-0.15, -0.1) is 22.7 Å². The number of carboxylic acid groups (broad SMARTS) is 1. The van der Waals surface area contributed by atoms with Crippen LogP contribution < -0.4 is 0 Å². The van der Waals surface area contributed by atoms with Crippen LogP contribution in [-0.4, -0.2) is 21.0 Å². The van der Waals surface area contributed by atoms with Gasteiger partial charge in [-0.2, -0.15) is 0 Å². The van der Waals surface area contributed by atoms with E-state index < -0.39 is 5.97 Å². The molecule has 3 rings (SSSR count). The fourth-order valence-corrected chi connectivity index (χ4v) is 3.44. The molecule has 0 aliphatic rings. The van der Waals surface area contributed by atoms with E-state index in [2.05, 4.69) is 9.97 Å². The predicted molar refractivity (Wildman–Crippen MR) is 72.4 cm³/mol. The van der Waals surface area contributed by atoms with Crippen LogP contribution >= 0.6 is 22.7 Å². The second-order valence-electron chi connectivity index (χ2n) is 3.77. The molecule has 0 saturated heterocycles. The van der Waals surface area contributed by atoms with Gasteiger partial charge in [0.2, 0.25) is 0 Å². The largest absolute Gasteiger partial charge is 0.477 e. The van der Waals surface area contributed by atoms with Crippen LogP contribution in [0.3, 0.4) is 0 Å². The molecule has 3 heterocycles. The standard InChI is InChI=1S/C12H8N2O2S2/c1-6-2-3-8(17-6)10-7-4-9(12(15)16)18-11(7)14-5-13-10/h2-5H,1H3,(H,15,16). The second-order valence-corrected chi connectivity index (χ2v) is 6.09. The number of fused-ring (bicyclic) bond motifs is 1. The van der Waals surface area contributed by atoms with Crippen molar-refractivity contribution in [3.8, 4) is 10.6 Å². The van der Waals surface area contributed by atoms with Gasteiger partial charge in [0.15, 0.2) is 0 Å². The monoisotopic (exact) mass is 276 g/mol. The maximum Gasteiger partial charge on any atom is 0.345 e. The van der Waals surface area contributed by atoms with Crippen molar-refractivity contribution in [3.63, 3.8) is 0 Å². The molecule has 0 fully saturated rings.